The third kappa shape index (κ3) is 8.06. The van der Waals surface area contributed by atoms with Gasteiger partial charge in [0, 0.05) is 16.7 Å². The van der Waals surface area contributed by atoms with Crippen LogP contribution >= 0.6 is 0 Å². The lowest BCUT2D eigenvalue weighted by Gasteiger charge is -1.98. The average molecular weight is 391 g/mol. The number of rotatable bonds is 0. The summed E-state index contributed by atoms with van der Waals surface area (Å²) < 4.78 is 0. The summed E-state index contributed by atoms with van der Waals surface area (Å²) in [4.78, 5) is 53.0. The molecule has 0 heterocycles. The molecule has 6 heteroatoms. The highest BCUT2D eigenvalue weighted by Crippen LogP contribution is 2.09. The van der Waals surface area contributed by atoms with Crippen LogP contribution in [0.1, 0.15) is 21.3 Å². The topological polar surface area (TPSA) is 109 Å². The van der Waals surface area contributed by atoms with Gasteiger partial charge >= 0.3 is 0 Å². The molecule has 0 N–H and O–H groups in total. The van der Waals surface area contributed by atoms with E-state index in [-0.39, 0.29) is 24.8 Å². The molecule has 148 valence electrons. The van der Waals surface area contributed by atoms with Gasteiger partial charge in [0.2, 0.25) is 11.6 Å². The maximum atomic E-state index is 10.7. The summed E-state index contributed by atoms with van der Waals surface area (Å²) in [6.45, 7) is 6.72. The van der Waals surface area contributed by atoms with E-state index in [1.807, 2.05) is 6.07 Å². The fraction of sp³-hybridized carbons (Fsp3) is 0.130. The summed E-state index contributed by atoms with van der Waals surface area (Å²) in [6, 6.07) is 1.92. The lowest BCUT2D eigenvalue weighted by Crippen LogP contribution is -2.13. The Hall–Kier alpha value is -3.98. The lowest BCUT2D eigenvalue weighted by molar-refractivity contribution is -0.131. The summed E-state index contributed by atoms with van der Waals surface area (Å²) in [5.74, 6) is -1.12. The van der Waals surface area contributed by atoms with Crippen molar-refractivity contribution >= 4 is 28.9 Å². The van der Waals surface area contributed by atoms with E-state index in [4.69, 9.17) is 5.26 Å². The van der Waals surface area contributed by atoms with Gasteiger partial charge in [-0.1, -0.05) is 26.2 Å². The SMILES string of the molecule is C.C=C1C=C(C#N)C=CC1=O.CC1=CC(=O)C=CC1=O.CC1=CC=CC(=O)C1=O. The van der Waals surface area contributed by atoms with E-state index >= 15 is 0 Å². The van der Waals surface area contributed by atoms with Crippen molar-refractivity contribution in [2.75, 3.05) is 0 Å². The van der Waals surface area contributed by atoms with Gasteiger partial charge in [0.1, 0.15) is 0 Å². The van der Waals surface area contributed by atoms with Crippen molar-refractivity contribution in [3.63, 3.8) is 0 Å². The zero-order valence-corrected chi connectivity index (χ0v) is 15.4. The van der Waals surface area contributed by atoms with Crippen molar-refractivity contribution in [3.8, 4) is 6.07 Å². The van der Waals surface area contributed by atoms with Crippen LogP contribution in [0.2, 0.25) is 0 Å². The first-order valence-corrected chi connectivity index (χ1v) is 8.07. The predicted molar refractivity (Wildman–Crippen MR) is 110 cm³/mol. The Bertz CT molecular complexity index is 977. The number of allylic oxidation sites excluding steroid dienone is 13. The molecule has 0 atom stereocenters. The van der Waals surface area contributed by atoms with Gasteiger partial charge in [-0.3, -0.25) is 24.0 Å². The van der Waals surface area contributed by atoms with Crippen LogP contribution in [0.5, 0.6) is 0 Å². The molecule has 0 aromatic rings. The third-order valence-electron chi connectivity index (χ3n) is 3.51. The molecule has 0 unspecified atom stereocenters. The molecular weight excluding hydrogens is 370 g/mol. The first-order chi connectivity index (χ1) is 13.1. The molecule has 0 bridgehead atoms. The van der Waals surface area contributed by atoms with E-state index in [9.17, 15) is 24.0 Å². The number of hydrogen-bond donors (Lipinski definition) is 0. The Balaban J connectivity index is 0.000000399. The van der Waals surface area contributed by atoms with E-state index in [1.54, 1.807) is 26.0 Å². The summed E-state index contributed by atoms with van der Waals surface area (Å²) in [5, 5.41) is 8.37. The summed E-state index contributed by atoms with van der Waals surface area (Å²) in [6.07, 6.45) is 12.7. The van der Waals surface area contributed by atoms with Crippen LogP contribution in [-0.4, -0.2) is 28.9 Å². The minimum absolute atomic E-state index is 0. The van der Waals surface area contributed by atoms with Gasteiger partial charge in [0.25, 0.3) is 0 Å². The van der Waals surface area contributed by atoms with Gasteiger partial charge in [0.05, 0.1) is 11.6 Å². The summed E-state index contributed by atoms with van der Waals surface area (Å²) in [5.41, 5.74) is 1.88. The van der Waals surface area contributed by atoms with Crippen LogP contribution in [0.4, 0.5) is 0 Å². The number of hydrogen-bond acceptors (Lipinski definition) is 6. The van der Waals surface area contributed by atoms with Crippen LogP contribution in [0, 0.1) is 11.3 Å². The van der Waals surface area contributed by atoms with E-state index in [0.29, 0.717) is 22.3 Å². The van der Waals surface area contributed by atoms with E-state index < -0.39 is 11.6 Å². The number of nitriles is 1. The number of Topliss-reactive ketones (excluding diaryl/α,β-unsaturated/α-hetero) is 1. The molecule has 0 fully saturated rings. The van der Waals surface area contributed by atoms with E-state index in [0.717, 1.165) is 0 Å². The number of carbonyl (C=O) groups excluding carboxylic acids is 5. The second kappa shape index (κ2) is 11.7. The van der Waals surface area contributed by atoms with Crippen molar-refractivity contribution in [2.45, 2.75) is 21.3 Å². The standard InChI is InChI=1S/C8H5NO.2C7H6O2.CH4/c1-6-4-7(5-9)2-3-8(6)10;1-5-4-6(8)2-3-7(5)9;1-5-3-2-4-6(8)7(5)9;/h2-4H,1H2;2*2-4H,1H3;1H4. The molecule has 29 heavy (non-hydrogen) atoms. The molecule has 0 saturated heterocycles. The minimum atomic E-state index is -0.421. The Morgan fingerprint density at radius 1 is 0.793 bits per heavy atom. The number of carbonyl (C=O) groups is 5. The highest BCUT2D eigenvalue weighted by molar-refractivity contribution is 6.48. The quantitative estimate of drug-likeness (QED) is 0.272. The van der Waals surface area contributed by atoms with Crippen molar-refractivity contribution in [2.24, 2.45) is 0 Å². The van der Waals surface area contributed by atoms with Gasteiger partial charge in [-0.05, 0) is 56.4 Å². The zero-order chi connectivity index (χ0) is 21.3. The zero-order valence-electron chi connectivity index (χ0n) is 15.4. The lowest BCUT2D eigenvalue weighted by atomic mass is 10.0. The van der Waals surface area contributed by atoms with Crippen LogP contribution in [0.3, 0.4) is 0 Å². The van der Waals surface area contributed by atoms with E-state index in [2.05, 4.69) is 6.58 Å². The van der Waals surface area contributed by atoms with Gasteiger partial charge in [-0.25, -0.2) is 0 Å². The normalized spacial score (nSPS) is 16.9. The second-order valence-electron chi connectivity index (χ2n) is 5.76. The van der Waals surface area contributed by atoms with Crippen molar-refractivity contribution in [3.05, 3.63) is 83.6 Å². The van der Waals surface area contributed by atoms with Crippen molar-refractivity contribution in [1.29, 1.82) is 5.26 Å². The number of ketones is 5. The molecule has 0 aliphatic heterocycles. The van der Waals surface area contributed by atoms with Crippen molar-refractivity contribution in [1.82, 2.24) is 0 Å². The smallest absolute Gasteiger partial charge is 0.228 e. The Kier molecular flexibility index (Phi) is 10.1. The highest BCUT2D eigenvalue weighted by Gasteiger charge is 2.13. The monoisotopic (exact) mass is 391 g/mol. The Labute approximate surface area is 169 Å². The maximum absolute atomic E-state index is 10.7. The van der Waals surface area contributed by atoms with Crippen molar-refractivity contribution < 1.29 is 24.0 Å². The molecule has 0 saturated carbocycles. The second-order valence-corrected chi connectivity index (χ2v) is 5.76. The highest BCUT2D eigenvalue weighted by atomic mass is 16.2. The van der Waals surface area contributed by atoms with Crippen LogP contribution in [0.15, 0.2) is 83.6 Å². The molecule has 3 rings (SSSR count). The molecule has 0 spiro atoms. The third-order valence-corrected chi connectivity index (χ3v) is 3.51. The van der Waals surface area contributed by atoms with Gasteiger partial charge in [-0.2, -0.15) is 5.26 Å². The fourth-order valence-electron chi connectivity index (χ4n) is 1.90. The molecule has 3 aliphatic carbocycles. The molecule has 0 aromatic carbocycles. The van der Waals surface area contributed by atoms with Gasteiger partial charge in [0.15, 0.2) is 17.3 Å². The Morgan fingerprint density at radius 2 is 1.41 bits per heavy atom. The average Bonchev–Trinajstić information content (AvgIpc) is 2.66. The predicted octanol–water partition coefficient (Wildman–Crippen LogP) is 3.05. The summed E-state index contributed by atoms with van der Waals surface area (Å²) in [7, 11) is 0. The van der Waals surface area contributed by atoms with Crippen LogP contribution in [-0.2, 0) is 24.0 Å². The van der Waals surface area contributed by atoms with Crippen LogP contribution < -0.4 is 0 Å². The van der Waals surface area contributed by atoms with E-state index in [1.165, 1.54) is 42.5 Å². The minimum Gasteiger partial charge on any atom is -0.290 e. The van der Waals surface area contributed by atoms with Crippen LogP contribution in [0.25, 0.3) is 0 Å². The molecule has 0 aromatic heterocycles. The van der Waals surface area contributed by atoms with Gasteiger partial charge in [-0.15, -0.1) is 0 Å². The fourth-order valence-corrected chi connectivity index (χ4v) is 1.90. The first-order valence-electron chi connectivity index (χ1n) is 8.07. The maximum Gasteiger partial charge on any atom is 0.228 e. The van der Waals surface area contributed by atoms with Gasteiger partial charge < -0.3 is 0 Å². The number of nitrogens with zero attached hydrogens (tertiary/aromatic N) is 1. The molecule has 0 radical (unpaired) electrons. The summed E-state index contributed by atoms with van der Waals surface area (Å²) >= 11 is 0. The molecule has 0 amide bonds. The molecular formula is C23H21NO5. The molecule has 6 nitrogen and oxygen atoms in total. The first kappa shape index (κ1) is 25.0. The molecule has 3 aliphatic rings. The Morgan fingerprint density at radius 3 is 1.86 bits per heavy atom. The largest absolute Gasteiger partial charge is 0.290 e.